The Labute approximate surface area is 329 Å². The Hall–Kier alpha value is -1.65. The number of nitrogens with zero attached hydrogens (tertiary/aromatic N) is 4. The van der Waals surface area contributed by atoms with E-state index in [4.69, 9.17) is 5.73 Å². The number of azo groups is 2. The molecule has 46 heavy (non-hydrogen) atoms. The monoisotopic (exact) mass is 707 g/mol. The number of hydrogen-bond acceptors (Lipinski definition) is 14. The van der Waals surface area contributed by atoms with Crippen LogP contribution in [0.25, 0.3) is 21.5 Å². The van der Waals surface area contributed by atoms with Gasteiger partial charge in [0.05, 0.1) is 31.7 Å². The molecule has 0 unspecified atom stereocenters. The zero-order valence-electron chi connectivity index (χ0n) is 24.3. The fourth-order valence-corrected chi connectivity index (χ4v) is 5.76. The van der Waals surface area contributed by atoms with Crippen molar-refractivity contribution in [3.63, 3.8) is 0 Å². The first-order chi connectivity index (χ1) is 20.1. The fourth-order valence-electron chi connectivity index (χ4n) is 4.18. The van der Waals surface area contributed by atoms with Crippen molar-refractivity contribution in [1.29, 1.82) is 0 Å². The SMILES string of the molecule is Nc1ccc(N=Nc2ccc(N=Nc3cc(S(=O)(=O)[O-])ccc3S(=O)(=O)[O-])c3ccc(S(=O)(=O)[O-])cc23)c2ccccc12.[Na+].[Na+].[Na+]. The Morgan fingerprint density at radius 1 is 0.457 bits per heavy atom. The molecule has 5 aromatic rings. The minimum absolute atomic E-state index is 0. The van der Waals surface area contributed by atoms with E-state index in [0.29, 0.717) is 35.0 Å². The fraction of sp³-hybridized carbons (Fsp3) is 0. The molecule has 0 fully saturated rings. The van der Waals surface area contributed by atoms with E-state index in [1.54, 1.807) is 36.4 Å². The molecule has 0 aliphatic rings. The quantitative estimate of drug-likeness (QED) is 0.0746. The van der Waals surface area contributed by atoms with Crippen LogP contribution in [0.5, 0.6) is 0 Å². The van der Waals surface area contributed by atoms with Gasteiger partial charge < -0.3 is 19.4 Å². The molecule has 0 aliphatic heterocycles. The van der Waals surface area contributed by atoms with Gasteiger partial charge in [0.1, 0.15) is 36.0 Å². The molecule has 0 heterocycles. The summed E-state index contributed by atoms with van der Waals surface area (Å²) < 4.78 is 105. The van der Waals surface area contributed by atoms with Crippen LogP contribution in [0.2, 0.25) is 0 Å². The molecule has 0 bridgehead atoms. The number of nitrogens with two attached hydrogens (primary N) is 1. The standard InChI is InChI=1S/C26H19N5O9S3.3Na/c27-21-8-9-22(18-4-2-1-3-17(18)21)28-30-24-11-10-23(19-7-5-15(13-20(19)24)41(32,33)34)29-31-25-14-16(42(35,36)37)6-12-26(25)43(38,39)40;;;/h1-14H,27H2,(H,32,33,34)(H,35,36,37)(H,38,39,40);;;/q;3*+1/p-3. The number of rotatable bonds is 7. The van der Waals surface area contributed by atoms with Crippen LogP contribution in [-0.4, -0.2) is 38.9 Å². The third-order valence-electron chi connectivity index (χ3n) is 6.18. The van der Waals surface area contributed by atoms with Gasteiger partial charge in [0.15, 0.2) is 0 Å². The molecule has 5 aromatic carbocycles. The van der Waals surface area contributed by atoms with E-state index in [1.165, 1.54) is 18.2 Å². The number of hydrogen-bond donors (Lipinski definition) is 1. The summed E-state index contributed by atoms with van der Waals surface area (Å²) >= 11 is 0. The second-order valence-corrected chi connectivity index (χ2v) is 13.0. The van der Waals surface area contributed by atoms with Crippen molar-refractivity contribution < 1.29 is 128 Å². The molecule has 2 N–H and O–H groups in total. The van der Waals surface area contributed by atoms with Crippen LogP contribution in [0.4, 0.5) is 28.4 Å². The van der Waals surface area contributed by atoms with Gasteiger partial charge in [-0.1, -0.05) is 30.3 Å². The first-order valence-electron chi connectivity index (χ1n) is 11.8. The van der Waals surface area contributed by atoms with Gasteiger partial charge in [-0.15, -0.1) is 20.5 Å². The number of fused-ring (bicyclic) bond motifs is 2. The van der Waals surface area contributed by atoms with Gasteiger partial charge in [-0.3, -0.25) is 0 Å². The Balaban J connectivity index is 0.00000245. The minimum atomic E-state index is -5.16. The summed E-state index contributed by atoms with van der Waals surface area (Å²) in [5.74, 6) is 0. The summed E-state index contributed by atoms with van der Waals surface area (Å²) in [7, 11) is -15.1. The smallest absolute Gasteiger partial charge is 0.744 e. The average molecular weight is 708 g/mol. The normalized spacial score (nSPS) is 12.2. The molecular weight excluding hydrogens is 691 g/mol. The topological polar surface area (TPSA) is 247 Å². The van der Waals surface area contributed by atoms with Crippen molar-refractivity contribution in [1.82, 2.24) is 0 Å². The summed E-state index contributed by atoms with van der Waals surface area (Å²) in [4.78, 5) is -2.37. The second-order valence-electron chi connectivity index (χ2n) is 8.92. The van der Waals surface area contributed by atoms with Gasteiger partial charge in [0.25, 0.3) is 0 Å². The Kier molecular flexibility index (Phi) is 13.8. The number of benzene rings is 5. The molecule has 0 aromatic heterocycles. The Morgan fingerprint density at radius 2 is 0.891 bits per heavy atom. The van der Waals surface area contributed by atoms with E-state index >= 15 is 0 Å². The molecule has 0 amide bonds. The summed E-state index contributed by atoms with van der Waals surface area (Å²) in [6.07, 6.45) is 0. The molecule has 0 atom stereocenters. The van der Waals surface area contributed by atoms with Crippen LogP contribution in [0.1, 0.15) is 0 Å². The maximum atomic E-state index is 11.8. The molecule has 0 aliphatic carbocycles. The van der Waals surface area contributed by atoms with Gasteiger partial charge >= 0.3 is 88.7 Å². The largest absolute Gasteiger partial charge is 1.00 e. The number of nitrogen functional groups attached to an aromatic ring is 1. The maximum absolute atomic E-state index is 11.8. The van der Waals surface area contributed by atoms with Crippen LogP contribution in [0.3, 0.4) is 0 Å². The molecule has 14 nitrogen and oxygen atoms in total. The molecule has 0 spiro atoms. The van der Waals surface area contributed by atoms with Crippen LogP contribution in [0.15, 0.2) is 120 Å². The second kappa shape index (κ2) is 15.7. The van der Waals surface area contributed by atoms with Gasteiger partial charge in [-0.25, -0.2) is 25.3 Å². The maximum Gasteiger partial charge on any atom is 1.00 e. The van der Waals surface area contributed by atoms with E-state index in [1.807, 2.05) is 0 Å². The first-order valence-corrected chi connectivity index (χ1v) is 16.0. The van der Waals surface area contributed by atoms with Crippen molar-refractivity contribution >= 4 is 80.3 Å². The Bertz CT molecular complexity index is 2360. The molecule has 220 valence electrons. The zero-order valence-corrected chi connectivity index (χ0v) is 32.8. The third kappa shape index (κ3) is 9.07. The van der Waals surface area contributed by atoms with E-state index in [9.17, 15) is 38.9 Å². The third-order valence-corrected chi connectivity index (χ3v) is 8.73. The summed E-state index contributed by atoms with van der Waals surface area (Å²) in [5, 5.41) is 17.8. The minimum Gasteiger partial charge on any atom is -0.744 e. The average Bonchev–Trinajstić information content (AvgIpc) is 2.94. The van der Waals surface area contributed by atoms with Gasteiger partial charge in [0, 0.05) is 27.2 Å². The predicted octanol–water partition coefficient (Wildman–Crippen LogP) is -3.87. The molecule has 0 saturated carbocycles. The summed E-state index contributed by atoms with van der Waals surface area (Å²) in [6.45, 7) is 0. The van der Waals surface area contributed by atoms with Crippen molar-refractivity contribution in [3.8, 4) is 0 Å². The van der Waals surface area contributed by atoms with Gasteiger partial charge in [-0.2, -0.15) is 0 Å². The van der Waals surface area contributed by atoms with E-state index in [-0.39, 0.29) is 111 Å². The van der Waals surface area contributed by atoms with Crippen molar-refractivity contribution in [2.45, 2.75) is 14.7 Å². The van der Waals surface area contributed by atoms with E-state index < -0.39 is 50.7 Å². The van der Waals surface area contributed by atoms with Crippen molar-refractivity contribution in [3.05, 3.63) is 84.9 Å². The Morgan fingerprint density at radius 3 is 1.43 bits per heavy atom. The van der Waals surface area contributed by atoms with Crippen LogP contribution in [-0.2, 0) is 30.4 Å². The first kappa shape index (κ1) is 40.5. The zero-order chi connectivity index (χ0) is 31.2. The molecule has 20 heteroatoms. The van der Waals surface area contributed by atoms with E-state index in [2.05, 4.69) is 20.5 Å². The van der Waals surface area contributed by atoms with Crippen LogP contribution < -0.4 is 94.4 Å². The molecule has 0 radical (unpaired) electrons. The van der Waals surface area contributed by atoms with Crippen molar-refractivity contribution in [2.75, 3.05) is 5.73 Å². The number of anilines is 1. The van der Waals surface area contributed by atoms with Gasteiger partial charge in [0.2, 0.25) is 0 Å². The molecular formula is C26H16N5Na3O9S3. The van der Waals surface area contributed by atoms with Crippen LogP contribution >= 0.6 is 0 Å². The van der Waals surface area contributed by atoms with Crippen molar-refractivity contribution in [2.24, 2.45) is 20.5 Å². The summed E-state index contributed by atoms with van der Waals surface area (Å²) in [5.41, 5.74) is 6.37. The molecule has 5 rings (SSSR count). The molecule has 0 saturated heterocycles. The predicted molar refractivity (Wildman–Crippen MR) is 151 cm³/mol. The van der Waals surface area contributed by atoms with Crippen LogP contribution in [0, 0.1) is 0 Å². The van der Waals surface area contributed by atoms with E-state index in [0.717, 1.165) is 17.5 Å². The summed E-state index contributed by atoms with van der Waals surface area (Å²) in [6, 6.07) is 18.3. The van der Waals surface area contributed by atoms with Gasteiger partial charge in [-0.05, 0) is 54.6 Å².